The molecule has 1 aromatic rings. The van der Waals surface area contributed by atoms with Gasteiger partial charge in [-0.1, -0.05) is 25.0 Å². The van der Waals surface area contributed by atoms with Crippen LogP contribution in [0, 0.1) is 0 Å². The molecule has 0 bridgehead atoms. The van der Waals surface area contributed by atoms with Crippen molar-refractivity contribution >= 4 is 17.6 Å². The van der Waals surface area contributed by atoms with Crippen molar-refractivity contribution in [2.45, 2.75) is 32.2 Å². The number of benzene rings is 1. The van der Waals surface area contributed by atoms with Crippen LogP contribution in [0.25, 0.3) is 0 Å². The molecule has 1 aromatic carbocycles. The first kappa shape index (κ1) is 20.4. The molecule has 1 fully saturated rings. The minimum absolute atomic E-state index is 0.0559. The summed E-state index contributed by atoms with van der Waals surface area (Å²) in [5.74, 6) is -0.229. The van der Waals surface area contributed by atoms with Crippen molar-refractivity contribution in [2.75, 3.05) is 44.9 Å². The first-order valence-electron chi connectivity index (χ1n) is 9.18. The highest BCUT2D eigenvalue weighted by Crippen LogP contribution is 2.19. The molecule has 0 saturated carbocycles. The normalized spacial score (nSPS) is 14.3. The van der Waals surface area contributed by atoms with E-state index in [4.69, 9.17) is 9.84 Å². The maximum absolute atomic E-state index is 11.8. The molecule has 0 radical (unpaired) electrons. The van der Waals surface area contributed by atoms with E-state index >= 15 is 0 Å². The third-order valence-corrected chi connectivity index (χ3v) is 4.28. The molecule has 0 atom stereocenters. The number of carbonyl (C=O) groups excluding carboxylic acids is 2. The molecule has 2 N–H and O–H groups in total. The van der Waals surface area contributed by atoms with Crippen molar-refractivity contribution in [2.24, 2.45) is 0 Å². The molecule has 1 aliphatic rings. The average Bonchev–Trinajstić information content (AvgIpc) is 2.96. The number of carbonyl (C=O) groups is 2. The van der Waals surface area contributed by atoms with Crippen molar-refractivity contribution in [3.63, 3.8) is 0 Å². The maximum atomic E-state index is 11.8. The minimum atomic E-state index is -0.368. The van der Waals surface area contributed by atoms with Gasteiger partial charge in [-0.3, -0.25) is 9.69 Å². The number of nitrogens with one attached hydrogen (secondary N) is 1. The van der Waals surface area contributed by atoms with E-state index < -0.39 is 0 Å². The lowest BCUT2D eigenvalue weighted by molar-refractivity contribution is -0.115. The first-order chi connectivity index (χ1) is 12.6. The Morgan fingerprint density at radius 3 is 2.73 bits per heavy atom. The van der Waals surface area contributed by atoms with Crippen molar-refractivity contribution in [3.8, 4) is 0 Å². The molecular formula is C19H29N3O4. The smallest absolute Gasteiger partial charge is 0.329 e. The summed E-state index contributed by atoms with van der Waals surface area (Å²) < 4.78 is 5.65. The number of nitrogens with zero attached hydrogens (tertiary/aromatic N) is 2. The van der Waals surface area contributed by atoms with Crippen LogP contribution < -0.4 is 10.2 Å². The van der Waals surface area contributed by atoms with Crippen LogP contribution in [-0.2, 0) is 16.1 Å². The third kappa shape index (κ3) is 6.40. The van der Waals surface area contributed by atoms with Crippen molar-refractivity contribution in [1.82, 2.24) is 10.2 Å². The van der Waals surface area contributed by atoms with Gasteiger partial charge in [0.2, 0.25) is 0 Å². The third-order valence-electron chi connectivity index (χ3n) is 4.28. The van der Waals surface area contributed by atoms with E-state index in [1.807, 2.05) is 25.2 Å². The number of rotatable bonds is 12. The topological polar surface area (TPSA) is 82.1 Å². The largest absolute Gasteiger partial charge is 0.396 e. The summed E-state index contributed by atoms with van der Waals surface area (Å²) in [4.78, 5) is 26.9. The predicted octanol–water partition coefficient (Wildman–Crippen LogP) is 1.74. The van der Waals surface area contributed by atoms with E-state index in [0.717, 1.165) is 50.9 Å². The molecule has 1 heterocycles. The first-order valence-corrected chi connectivity index (χ1v) is 9.18. The predicted molar refractivity (Wildman–Crippen MR) is 100 cm³/mol. The summed E-state index contributed by atoms with van der Waals surface area (Å²) in [5.41, 5.74) is 1.65. The Labute approximate surface area is 154 Å². The number of urea groups is 1. The molecule has 0 aromatic heterocycles. The number of anilines is 1. The van der Waals surface area contributed by atoms with Crippen LogP contribution in [0.5, 0.6) is 0 Å². The lowest BCUT2D eigenvalue weighted by Gasteiger charge is -2.18. The van der Waals surface area contributed by atoms with E-state index in [2.05, 4.69) is 10.2 Å². The Hall–Kier alpha value is -1.96. The van der Waals surface area contributed by atoms with Gasteiger partial charge < -0.3 is 15.2 Å². The molecule has 144 valence electrons. The fourth-order valence-corrected chi connectivity index (χ4v) is 2.86. The quantitative estimate of drug-likeness (QED) is 0.437. The highest BCUT2D eigenvalue weighted by molar-refractivity contribution is 6.19. The molecule has 2 rings (SSSR count). The zero-order valence-corrected chi connectivity index (χ0v) is 15.4. The van der Waals surface area contributed by atoms with Crippen LogP contribution >= 0.6 is 0 Å². The number of aliphatic hydroxyl groups is 1. The number of hydrogen-bond acceptors (Lipinski definition) is 5. The summed E-state index contributed by atoms with van der Waals surface area (Å²) in [6, 6.07) is 7.13. The van der Waals surface area contributed by atoms with Crippen molar-refractivity contribution < 1.29 is 19.4 Å². The van der Waals surface area contributed by atoms with Crippen LogP contribution in [-0.4, -0.2) is 61.9 Å². The van der Waals surface area contributed by atoms with E-state index in [9.17, 15) is 9.59 Å². The number of hydrogen-bond donors (Lipinski definition) is 2. The second kappa shape index (κ2) is 10.9. The Kier molecular flexibility index (Phi) is 8.53. The number of aliphatic hydroxyl groups excluding tert-OH is 1. The van der Waals surface area contributed by atoms with E-state index in [1.54, 1.807) is 6.07 Å². The van der Waals surface area contributed by atoms with Gasteiger partial charge in [0.05, 0.1) is 18.8 Å². The highest BCUT2D eigenvalue weighted by Gasteiger charge is 2.29. The Bertz CT molecular complexity index is 578. The molecule has 3 amide bonds. The summed E-state index contributed by atoms with van der Waals surface area (Å²) in [7, 11) is 2.02. The van der Waals surface area contributed by atoms with E-state index in [0.29, 0.717) is 12.3 Å². The van der Waals surface area contributed by atoms with Gasteiger partial charge in [0.1, 0.15) is 0 Å². The van der Waals surface area contributed by atoms with Gasteiger partial charge in [-0.25, -0.2) is 9.69 Å². The van der Waals surface area contributed by atoms with Crippen LogP contribution in [0.4, 0.5) is 10.5 Å². The minimum Gasteiger partial charge on any atom is -0.396 e. The van der Waals surface area contributed by atoms with Gasteiger partial charge >= 0.3 is 6.03 Å². The van der Waals surface area contributed by atoms with Gasteiger partial charge in [0.25, 0.3) is 5.91 Å². The zero-order valence-electron chi connectivity index (χ0n) is 15.4. The second-order valence-corrected chi connectivity index (χ2v) is 6.55. The van der Waals surface area contributed by atoms with Crippen LogP contribution in [0.15, 0.2) is 24.3 Å². The lowest BCUT2D eigenvalue weighted by atomic mass is 10.2. The molecule has 26 heavy (non-hydrogen) atoms. The van der Waals surface area contributed by atoms with Crippen molar-refractivity contribution in [3.05, 3.63) is 29.8 Å². The van der Waals surface area contributed by atoms with Gasteiger partial charge in [-0.05, 0) is 37.6 Å². The maximum Gasteiger partial charge on any atom is 0.329 e. The molecule has 1 saturated heterocycles. The summed E-state index contributed by atoms with van der Waals surface area (Å²) in [5, 5.41) is 11.3. The monoisotopic (exact) mass is 363 g/mol. The molecule has 0 spiro atoms. The van der Waals surface area contributed by atoms with Crippen LogP contribution in [0.2, 0.25) is 0 Å². The number of likely N-dealkylation sites (N-methyl/N-ethyl adjacent to an activating group) is 1. The fraction of sp³-hybridized carbons (Fsp3) is 0.579. The molecule has 7 heteroatoms. The number of ether oxygens (including phenoxy) is 1. The second-order valence-electron chi connectivity index (χ2n) is 6.55. The zero-order chi connectivity index (χ0) is 18.8. The van der Waals surface area contributed by atoms with Gasteiger partial charge in [-0.2, -0.15) is 0 Å². The summed E-state index contributed by atoms with van der Waals surface area (Å²) in [6.45, 7) is 3.27. The van der Waals surface area contributed by atoms with Crippen LogP contribution in [0.3, 0.4) is 0 Å². The Morgan fingerprint density at radius 2 is 2.00 bits per heavy atom. The SMILES string of the molecule is CN(CCOCCCCCCO)Cc1cccc(N2C(=O)CNC2=O)c1. The standard InChI is InChI=1S/C19H29N3O4/c1-21(9-12-26-11-5-3-2-4-10-23)15-16-7-6-8-17(13-16)22-18(24)14-20-19(22)25/h6-8,13,23H,2-5,9-12,14-15H2,1H3,(H,20,25). The number of amides is 3. The van der Waals surface area contributed by atoms with Gasteiger partial charge in [0, 0.05) is 26.3 Å². The van der Waals surface area contributed by atoms with Crippen LogP contribution in [0.1, 0.15) is 31.2 Å². The Morgan fingerprint density at radius 1 is 1.19 bits per heavy atom. The fourth-order valence-electron chi connectivity index (χ4n) is 2.86. The van der Waals surface area contributed by atoms with Crippen molar-refractivity contribution in [1.29, 1.82) is 0 Å². The molecule has 7 nitrogen and oxygen atoms in total. The van der Waals surface area contributed by atoms with E-state index in [1.165, 1.54) is 4.90 Å². The summed E-state index contributed by atoms with van der Waals surface area (Å²) in [6.07, 6.45) is 4.03. The van der Waals surface area contributed by atoms with Gasteiger partial charge in [0.15, 0.2) is 0 Å². The number of imide groups is 1. The van der Waals surface area contributed by atoms with E-state index in [-0.39, 0.29) is 25.1 Å². The highest BCUT2D eigenvalue weighted by atomic mass is 16.5. The summed E-state index contributed by atoms with van der Waals surface area (Å²) >= 11 is 0. The van der Waals surface area contributed by atoms with Gasteiger partial charge in [-0.15, -0.1) is 0 Å². The lowest BCUT2D eigenvalue weighted by Crippen LogP contribution is -2.30. The molecule has 1 aliphatic heterocycles. The molecule has 0 unspecified atom stereocenters. The molecular weight excluding hydrogens is 334 g/mol. The number of unbranched alkanes of at least 4 members (excludes halogenated alkanes) is 3. The Balaban J connectivity index is 1.70. The average molecular weight is 363 g/mol. The molecule has 0 aliphatic carbocycles.